The summed E-state index contributed by atoms with van der Waals surface area (Å²) in [5.74, 6) is 0.429. The van der Waals surface area contributed by atoms with Gasteiger partial charge >= 0.3 is 0 Å². The molecule has 2 N–H and O–H groups in total. The second-order valence-corrected chi connectivity index (χ2v) is 6.81. The van der Waals surface area contributed by atoms with E-state index in [-0.39, 0.29) is 11.5 Å². The number of H-pyrrole nitrogens is 1. The summed E-state index contributed by atoms with van der Waals surface area (Å²) in [4.78, 5) is 29.0. The van der Waals surface area contributed by atoms with Crippen LogP contribution < -0.4 is 15.8 Å². The highest BCUT2D eigenvalue weighted by Crippen LogP contribution is 2.34. The third-order valence-corrected chi connectivity index (χ3v) is 5.34. The third-order valence-electron chi connectivity index (χ3n) is 5.34. The molecular weight excluding hydrogens is 318 g/mol. The van der Waals surface area contributed by atoms with Gasteiger partial charge in [0.2, 0.25) is 5.91 Å². The molecule has 1 amide bonds. The maximum absolute atomic E-state index is 12.3. The number of hydrogen-bond donors (Lipinski definition) is 2. The minimum Gasteiger partial charge on any atom is -0.317 e. The summed E-state index contributed by atoms with van der Waals surface area (Å²) in [6.45, 7) is 2.62. The molecule has 128 valence electrons. The van der Waals surface area contributed by atoms with Gasteiger partial charge in [0.15, 0.2) is 0 Å². The topological polar surface area (TPSA) is 82.5 Å². The van der Waals surface area contributed by atoms with Gasteiger partial charge in [0.05, 0.1) is 22.3 Å². The number of carbonyl (C=O) groups excluding carboxylic acids is 1. The molecule has 0 unspecified atom stereocenters. The first kappa shape index (κ1) is 14.7. The van der Waals surface area contributed by atoms with E-state index in [2.05, 4.69) is 10.3 Å². The second kappa shape index (κ2) is 5.42. The van der Waals surface area contributed by atoms with E-state index in [1.165, 1.54) is 0 Å². The quantitative estimate of drug-likeness (QED) is 0.692. The summed E-state index contributed by atoms with van der Waals surface area (Å²) < 4.78 is 1.87. The molecule has 0 aliphatic carbocycles. The van der Waals surface area contributed by atoms with Crippen LogP contribution >= 0.6 is 0 Å². The zero-order valence-corrected chi connectivity index (χ0v) is 13.8. The third kappa shape index (κ3) is 2.19. The van der Waals surface area contributed by atoms with Crippen molar-refractivity contribution in [2.75, 3.05) is 24.5 Å². The zero-order chi connectivity index (χ0) is 17.0. The van der Waals surface area contributed by atoms with Crippen LogP contribution in [0.15, 0.2) is 29.1 Å². The minimum atomic E-state index is -0.118. The molecule has 2 saturated heterocycles. The Hall–Kier alpha value is -2.67. The van der Waals surface area contributed by atoms with Crippen LogP contribution in [-0.2, 0) is 4.79 Å². The first-order valence-corrected chi connectivity index (χ1v) is 8.78. The zero-order valence-electron chi connectivity index (χ0n) is 13.8. The molecule has 7 nitrogen and oxygen atoms in total. The molecular formula is C18H19N5O2. The van der Waals surface area contributed by atoms with Crippen molar-refractivity contribution >= 4 is 28.1 Å². The monoisotopic (exact) mass is 337 g/mol. The maximum atomic E-state index is 12.3. The van der Waals surface area contributed by atoms with E-state index in [1.54, 1.807) is 11.0 Å². The summed E-state index contributed by atoms with van der Waals surface area (Å²) in [5.41, 5.74) is 3.16. The van der Waals surface area contributed by atoms with E-state index in [0.29, 0.717) is 24.5 Å². The highest BCUT2D eigenvalue weighted by molar-refractivity contribution is 6.10. The molecule has 7 heteroatoms. The van der Waals surface area contributed by atoms with E-state index in [0.717, 1.165) is 48.2 Å². The Bertz CT molecular complexity index is 1040. The molecule has 5 rings (SSSR count). The highest BCUT2D eigenvalue weighted by Gasteiger charge is 2.29. The lowest BCUT2D eigenvalue weighted by Gasteiger charge is -2.31. The van der Waals surface area contributed by atoms with Crippen LogP contribution in [0.4, 0.5) is 5.69 Å². The lowest BCUT2D eigenvalue weighted by molar-refractivity contribution is -0.122. The van der Waals surface area contributed by atoms with E-state index < -0.39 is 0 Å². The normalized spacial score (nSPS) is 18.9. The van der Waals surface area contributed by atoms with Crippen LogP contribution in [0, 0.1) is 0 Å². The Balaban J connectivity index is 1.78. The predicted molar refractivity (Wildman–Crippen MR) is 95.1 cm³/mol. The average molecular weight is 337 g/mol. The van der Waals surface area contributed by atoms with Crippen molar-refractivity contribution in [3.63, 3.8) is 0 Å². The van der Waals surface area contributed by atoms with E-state index >= 15 is 0 Å². The minimum absolute atomic E-state index is 0.115. The van der Waals surface area contributed by atoms with E-state index in [1.807, 2.05) is 22.7 Å². The molecule has 0 saturated carbocycles. The Kier molecular flexibility index (Phi) is 3.18. The SMILES string of the molecule is O=C1CCN1c1cccc2nn3c(C4CCNCC4)cc(=O)[nH]c3c12. The Labute approximate surface area is 143 Å². The van der Waals surface area contributed by atoms with Gasteiger partial charge in [0.25, 0.3) is 5.56 Å². The van der Waals surface area contributed by atoms with Gasteiger partial charge < -0.3 is 15.2 Å². The first-order chi connectivity index (χ1) is 12.2. The number of β-lactam (4-membered cyclic amide) rings is 1. The van der Waals surface area contributed by atoms with Crippen molar-refractivity contribution in [1.29, 1.82) is 0 Å². The van der Waals surface area contributed by atoms with E-state index in [4.69, 9.17) is 5.10 Å². The number of fused-ring (bicyclic) bond motifs is 3. The summed E-state index contributed by atoms with van der Waals surface area (Å²) >= 11 is 0. The largest absolute Gasteiger partial charge is 0.317 e. The maximum Gasteiger partial charge on any atom is 0.251 e. The Morgan fingerprint density at radius 3 is 2.72 bits per heavy atom. The summed E-state index contributed by atoms with van der Waals surface area (Å²) in [7, 11) is 0. The van der Waals surface area contributed by atoms with Gasteiger partial charge in [-0.25, -0.2) is 4.52 Å². The molecule has 2 aliphatic rings. The van der Waals surface area contributed by atoms with E-state index in [9.17, 15) is 9.59 Å². The standard InChI is InChI=1S/C18H19N5O2/c24-15-10-14(11-4-7-19-8-5-11)23-18(20-15)17-12(21-23)2-1-3-13(17)22-9-6-16(22)25/h1-3,10-11,19H,4-9H2,(H,20,24). The smallest absolute Gasteiger partial charge is 0.251 e. The molecule has 0 atom stereocenters. The highest BCUT2D eigenvalue weighted by atomic mass is 16.2. The van der Waals surface area contributed by atoms with Crippen molar-refractivity contribution < 1.29 is 4.79 Å². The number of aromatic nitrogens is 3. The van der Waals surface area contributed by atoms with Gasteiger partial charge in [-0.15, -0.1) is 0 Å². The lowest BCUT2D eigenvalue weighted by atomic mass is 9.94. The predicted octanol–water partition coefficient (Wildman–Crippen LogP) is 1.38. The Morgan fingerprint density at radius 2 is 2.00 bits per heavy atom. The van der Waals surface area contributed by atoms with Crippen molar-refractivity contribution in [2.24, 2.45) is 0 Å². The number of benzene rings is 1. The van der Waals surface area contributed by atoms with Crippen molar-refractivity contribution in [3.8, 4) is 0 Å². The number of amides is 1. The van der Waals surface area contributed by atoms with Crippen LogP contribution in [0.3, 0.4) is 0 Å². The number of nitrogens with one attached hydrogen (secondary N) is 2. The molecule has 4 heterocycles. The van der Waals surface area contributed by atoms with Gasteiger partial charge in [-0.05, 0) is 38.1 Å². The molecule has 2 fully saturated rings. The average Bonchev–Trinajstić information content (AvgIpc) is 3.00. The number of rotatable bonds is 2. The lowest BCUT2D eigenvalue weighted by Crippen LogP contribution is -2.43. The molecule has 0 radical (unpaired) electrons. The summed E-state index contributed by atoms with van der Waals surface area (Å²) in [5, 5.41) is 8.95. The molecule has 0 bridgehead atoms. The number of aromatic amines is 1. The summed E-state index contributed by atoms with van der Waals surface area (Å²) in [6.07, 6.45) is 2.56. The number of carbonyl (C=O) groups is 1. The van der Waals surface area contributed by atoms with Gasteiger partial charge in [-0.2, -0.15) is 5.10 Å². The fraction of sp³-hybridized carbons (Fsp3) is 0.389. The van der Waals surface area contributed by atoms with Crippen molar-refractivity contribution in [1.82, 2.24) is 19.9 Å². The number of anilines is 1. The number of piperidine rings is 1. The van der Waals surface area contributed by atoms with Crippen LogP contribution in [-0.4, -0.2) is 40.1 Å². The molecule has 0 spiro atoms. The van der Waals surface area contributed by atoms with Crippen LogP contribution in [0.5, 0.6) is 0 Å². The van der Waals surface area contributed by atoms with Crippen molar-refractivity contribution in [3.05, 3.63) is 40.3 Å². The molecule has 2 aliphatic heterocycles. The fourth-order valence-corrected chi connectivity index (χ4v) is 3.97. The Morgan fingerprint density at radius 1 is 1.16 bits per heavy atom. The van der Waals surface area contributed by atoms with Crippen molar-refractivity contribution in [2.45, 2.75) is 25.2 Å². The molecule has 25 heavy (non-hydrogen) atoms. The van der Waals surface area contributed by atoms with Crippen LogP contribution in [0.25, 0.3) is 16.6 Å². The van der Waals surface area contributed by atoms with Gasteiger partial charge in [0.1, 0.15) is 5.65 Å². The fourth-order valence-electron chi connectivity index (χ4n) is 3.97. The van der Waals surface area contributed by atoms with Crippen LogP contribution in [0.2, 0.25) is 0 Å². The van der Waals surface area contributed by atoms with Gasteiger partial charge in [-0.1, -0.05) is 6.07 Å². The molecule has 1 aromatic carbocycles. The van der Waals surface area contributed by atoms with Gasteiger partial charge in [-0.3, -0.25) is 9.59 Å². The second-order valence-electron chi connectivity index (χ2n) is 6.81. The number of hydrogen-bond acceptors (Lipinski definition) is 4. The number of nitrogens with zero attached hydrogens (tertiary/aromatic N) is 3. The summed E-state index contributed by atoms with van der Waals surface area (Å²) in [6, 6.07) is 7.44. The molecule has 2 aromatic heterocycles. The van der Waals surface area contributed by atoms with Crippen LogP contribution in [0.1, 0.15) is 30.9 Å². The van der Waals surface area contributed by atoms with Gasteiger partial charge in [0, 0.05) is 24.9 Å². The first-order valence-electron chi connectivity index (χ1n) is 8.78. The molecule has 3 aromatic rings.